The van der Waals surface area contributed by atoms with E-state index in [4.69, 9.17) is 4.74 Å². The van der Waals surface area contributed by atoms with E-state index >= 15 is 0 Å². The Kier molecular flexibility index (Phi) is 4.64. The van der Waals surface area contributed by atoms with Crippen LogP contribution in [-0.4, -0.2) is 19.8 Å². The molecule has 0 aromatic carbocycles. The van der Waals surface area contributed by atoms with Crippen LogP contribution in [0.15, 0.2) is 12.1 Å². The van der Waals surface area contributed by atoms with Crippen molar-refractivity contribution in [3.8, 4) is 0 Å². The highest BCUT2D eigenvalue weighted by Gasteiger charge is 2.61. The number of hydrogen-bond acceptors (Lipinski definition) is 2. The minimum atomic E-state index is -0.192. The molecule has 2 nitrogen and oxygen atoms in total. The molecule has 4 bridgehead atoms. The molecule has 8 atom stereocenters. The van der Waals surface area contributed by atoms with Gasteiger partial charge in [0.2, 0.25) is 0 Å². The molecule has 0 saturated heterocycles. The van der Waals surface area contributed by atoms with E-state index in [1.54, 1.807) is 6.08 Å². The van der Waals surface area contributed by atoms with Gasteiger partial charge in [-0.3, -0.25) is 0 Å². The van der Waals surface area contributed by atoms with Gasteiger partial charge in [0.15, 0.2) is 6.71 Å². The lowest BCUT2D eigenvalue weighted by atomic mass is 9.21. The molecule has 0 aromatic rings. The summed E-state index contributed by atoms with van der Waals surface area (Å²) in [6.45, 7) is 15.5. The average Bonchev–Trinajstić information content (AvgIpc) is 2.62. The number of rotatable bonds is 4. The first-order chi connectivity index (χ1) is 12.6. The maximum absolute atomic E-state index is 11.9. The molecule has 0 N–H and O–H groups in total. The Morgan fingerprint density at radius 3 is 1.67 bits per heavy atom. The van der Waals surface area contributed by atoms with Crippen molar-refractivity contribution in [3.05, 3.63) is 12.1 Å². The van der Waals surface area contributed by atoms with Crippen LogP contribution in [0.25, 0.3) is 0 Å². The Hall–Kier alpha value is -0.725. The van der Waals surface area contributed by atoms with Crippen molar-refractivity contribution in [2.75, 3.05) is 7.11 Å². The number of fused-ring (bicyclic) bond motifs is 4. The van der Waals surface area contributed by atoms with E-state index in [1.807, 2.05) is 0 Å². The van der Waals surface area contributed by atoms with Gasteiger partial charge in [-0.2, -0.15) is 0 Å². The lowest BCUT2D eigenvalue weighted by molar-refractivity contribution is -0.134. The number of ether oxygens (including phenoxy) is 1. The largest absolute Gasteiger partial charge is 0.466 e. The second kappa shape index (κ2) is 6.39. The molecule has 0 aliphatic heterocycles. The lowest BCUT2D eigenvalue weighted by Gasteiger charge is -2.66. The molecule has 0 aromatic heterocycles. The minimum absolute atomic E-state index is 0.192. The van der Waals surface area contributed by atoms with E-state index in [1.165, 1.54) is 32.8 Å². The molecular formula is C24H39BO2. The Morgan fingerprint density at radius 1 is 0.889 bits per heavy atom. The van der Waals surface area contributed by atoms with E-state index in [0.29, 0.717) is 17.5 Å². The molecule has 3 heteroatoms. The fourth-order valence-corrected chi connectivity index (χ4v) is 8.26. The Balaban J connectivity index is 1.59. The van der Waals surface area contributed by atoms with Gasteiger partial charge in [-0.1, -0.05) is 66.0 Å². The van der Waals surface area contributed by atoms with Crippen LogP contribution >= 0.6 is 0 Å². The molecular weight excluding hydrogens is 331 g/mol. The van der Waals surface area contributed by atoms with Crippen LogP contribution in [0, 0.1) is 46.3 Å². The summed E-state index contributed by atoms with van der Waals surface area (Å²) in [5, 5.41) is 0. The van der Waals surface area contributed by atoms with Crippen LogP contribution in [0.5, 0.6) is 0 Å². The van der Waals surface area contributed by atoms with Gasteiger partial charge in [0.1, 0.15) is 0 Å². The first kappa shape index (κ1) is 19.6. The molecule has 6 fully saturated rings. The summed E-state index contributed by atoms with van der Waals surface area (Å²) in [6.07, 6.45) is 7.29. The van der Waals surface area contributed by atoms with E-state index in [-0.39, 0.29) is 5.97 Å². The first-order valence-electron chi connectivity index (χ1n) is 11.3. The van der Waals surface area contributed by atoms with Crippen molar-refractivity contribution in [3.63, 3.8) is 0 Å². The summed E-state index contributed by atoms with van der Waals surface area (Å²) in [7, 11) is 1.49. The molecule has 0 radical (unpaired) electrons. The summed E-state index contributed by atoms with van der Waals surface area (Å²) < 4.78 is 4.93. The lowest BCUT2D eigenvalue weighted by Crippen LogP contribution is -2.59. The molecule has 0 heterocycles. The number of carbonyl (C=O) groups is 1. The summed E-state index contributed by atoms with van der Waals surface area (Å²) in [4.78, 5) is 11.9. The summed E-state index contributed by atoms with van der Waals surface area (Å²) in [6, 6.07) is 0. The molecule has 0 amide bonds. The first-order valence-corrected chi connectivity index (χ1v) is 11.3. The van der Waals surface area contributed by atoms with Crippen LogP contribution in [0.1, 0.15) is 67.2 Å². The third kappa shape index (κ3) is 2.77. The van der Waals surface area contributed by atoms with Crippen LogP contribution in [0.3, 0.4) is 0 Å². The zero-order chi connectivity index (χ0) is 19.7. The highest BCUT2D eigenvalue weighted by atomic mass is 16.5. The Labute approximate surface area is 167 Å². The molecule has 6 saturated carbocycles. The number of methoxy groups -OCH3 is 1. The van der Waals surface area contributed by atoms with Gasteiger partial charge >= 0.3 is 5.97 Å². The highest BCUT2D eigenvalue weighted by molar-refractivity contribution is 6.67. The van der Waals surface area contributed by atoms with Gasteiger partial charge in [0.25, 0.3) is 0 Å². The molecule has 150 valence electrons. The molecule has 6 rings (SSSR count). The molecule has 27 heavy (non-hydrogen) atoms. The Morgan fingerprint density at radius 2 is 1.33 bits per heavy atom. The maximum atomic E-state index is 11.9. The normalized spacial score (nSPS) is 46.3. The molecule has 6 aliphatic rings. The SMILES string of the molecule is COC(=O)/C=C/B([C@@H]1C[C@@H]2C[C@H]([C@H]1C)C2(C)C)[C@@H]1C[C@@H]2C[C@H]([C@H]1C)C2(C)C. The minimum Gasteiger partial charge on any atom is -0.466 e. The van der Waals surface area contributed by atoms with Crippen molar-refractivity contribution >= 4 is 12.7 Å². The van der Waals surface area contributed by atoms with Crippen molar-refractivity contribution < 1.29 is 9.53 Å². The summed E-state index contributed by atoms with van der Waals surface area (Å²) in [5.41, 5.74) is 1.05. The smallest absolute Gasteiger partial charge is 0.329 e. The van der Waals surface area contributed by atoms with Gasteiger partial charge in [-0.25, -0.2) is 4.79 Å². The summed E-state index contributed by atoms with van der Waals surface area (Å²) in [5.74, 6) is 8.54. The number of esters is 1. The van der Waals surface area contributed by atoms with Crippen LogP contribution in [0.2, 0.25) is 11.6 Å². The van der Waals surface area contributed by atoms with Gasteiger partial charge < -0.3 is 4.74 Å². The zero-order valence-electron chi connectivity index (χ0n) is 18.5. The monoisotopic (exact) mass is 370 g/mol. The number of hydrogen-bond donors (Lipinski definition) is 0. The van der Waals surface area contributed by atoms with Gasteiger partial charge in [-0.05, 0) is 59.2 Å². The van der Waals surface area contributed by atoms with Gasteiger partial charge in [0.05, 0.1) is 7.11 Å². The number of carbonyl (C=O) groups excluding carboxylic acids is 1. The van der Waals surface area contributed by atoms with Crippen LogP contribution < -0.4 is 0 Å². The van der Waals surface area contributed by atoms with E-state index in [2.05, 4.69) is 47.5 Å². The molecule has 0 spiro atoms. The van der Waals surface area contributed by atoms with Crippen molar-refractivity contribution in [1.29, 1.82) is 0 Å². The van der Waals surface area contributed by atoms with E-state index < -0.39 is 0 Å². The predicted molar refractivity (Wildman–Crippen MR) is 113 cm³/mol. The van der Waals surface area contributed by atoms with Gasteiger partial charge in [0, 0.05) is 6.08 Å². The average molecular weight is 370 g/mol. The van der Waals surface area contributed by atoms with Crippen LogP contribution in [0.4, 0.5) is 0 Å². The third-order valence-corrected chi connectivity index (χ3v) is 10.5. The zero-order valence-corrected chi connectivity index (χ0v) is 18.5. The van der Waals surface area contributed by atoms with E-state index in [0.717, 1.165) is 47.1 Å². The fourth-order valence-electron chi connectivity index (χ4n) is 8.26. The fraction of sp³-hybridized carbons (Fsp3) is 0.875. The van der Waals surface area contributed by atoms with Crippen molar-refractivity contribution in [1.82, 2.24) is 0 Å². The second-order valence-corrected chi connectivity index (χ2v) is 11.7. The summed E-state index contributed by atoms with van der Waals surface area (Å²) >= 11 is 0. The second-order valence-electron chi connectivity index (χ2n) is 11.7. The highest BCUT2D eigenvalue weighted by Crippen LogP contribution is 2.69. The predicted octanol–water partition coefficient (Wildman–Crippen LogP) is 5.89. The molecule has 6 aliphatic carbocycles. The van der Waals surface area contributed by atoms with Crippen molar-refractivity contribution in [2.45, 2.75) is 78.9 Å². The molecule has 0 unspecified atom stereocenters. The van der Waals surface area contributed by atoms with E-state index in [9.17, 15) is 4.79 Å². The maximum Gasteiger partial charge on any atom is 0.329 e. The Bertz CT molecular complexity index is 594. The third-order valence-electron chi connectivity index (χ3n) is 10.5. The standard InChI is InChI=1S/C24H39BO2/c1-14-18-10-16(23(18,3)4)12-20(14)25(9-8-22(26)27-7)21-13-17-11-19(15(21)2)24(17,5)6/h8-9,14-21H,10-13H2,1-7H3/b9-8+/t14-,15-,16+,17+,18-,19-,20-,21-/m1/s1. The van der Waals surface area contributed by atoms with Crippen molar-refractivity contribution in [2.24, 2.45) is 46.3 Å². The quantitative estimate of drug-likeness (QED) is 0.350. The van der Waals surface area contributed by atoms with Crippen LogP contribution in [-0.2, 0) is 9.53 Å². The van der Waals surface area contributed by atoms with Gasteiger partial charge in [-0.15, -0.1) is 5.98 Å². The topological polar surface area (TPSA) is 26.3 Å².